The van der Waals surface area contributed by atoms with E-state index in [-0.39, 0.29) is 5.91 Å². The van der Waals surface area contributed by atoms with Gasteiger partial charge in [0.25, 0.3) is 5.91 Å². The molecule has 1 aromatic carbocycles. The van der Waals surface area contributed by atoms with Crippen molar-refractivity contribution in [2.75, 3.05) is 43.1 Å². The van der Waals surface area contributed by atoms with E-state index >= 15 is 0 Å². The number of nitrogens with one attached hydrogen (secondary N) is 1. The van der Waals surface area contributed by atoms with Crippen LogP contribution in [0.25, 0.3) is 0 Å². The number of benzene rings is 1. The molecule has 0 bridgehead atoms. The highest BCUT2D eigenvalue weighted by atomic mass is 16.5. The van der Waals surface area contributed by atoms with Crippen molar-refractivity contribution in [2.24, 2.45) is 5.92 Å². The topological polar surface area (TPSA) is 50.8 Å². The maximum Gasteiger partial charge on any atom is 0.253 e. The molecule has 0 unspecified atom stereocenters. The Labute approximate surface area is 145 Å². The lowest BCUT2D eigenvalue weighted by molar-refractivity contribution is -0.127. The SMILES string of the molecule is CCOCCO[C@H](C)C(=O)Nc1ccc(N2CCC(C)CC2)cc1. The van der Waals surface area contributed by atoms with Gasteiger partial charge in [-0.2, -0.15) is 0 Å². The van der Waals surface area contributed by atoms with Crippen LogP contribution in [0.2, 0.25) is 0 Å². The van der Waals surface area contributed by atoms with Gasteiger partial charge < -0.3 is 19.7 Å². The first-order valence-corrected chi connectivity index (χ1v) is 8.95. The van der Waals surface area contributed by atoms with E-state index in [1.807, 2.05) is 19.1 Å². The Bertz CT molecular complexity index is 496. The molecule has 0 saturated carbocycles. The monoisotopic (exact) mass is 334 g/mol. The minimum atomic E-state index is -0.492. The molecular weight excluding hydrogens is 304 g/mol. The highest BCUT2D eigenvalue weighted by Gasteiger charge is 2.16. The summed E-state index contributed by atoms with van der Waals surface area (Å²) in [5, 5.41) is 2.90. The molecule has 1 aliphatic heterocycles. The fourth-order valence-electron chi connectivity index (χ4n) is 2.77. The van der Waals surface area contributed by atoms with Gasteiger partial charge in [-0.1, -0.05) is 6.92 Å². The summed E-state index contributed by atoms with van der Waals surface area (Å²) in [6.07, 6.45) is 2.00. The lowest BCUT2D eigenvalue weighted by atomic mass is 9.99. The van der Waals surface area contributed by atoms with E-state index in [4.69, 9.17) is 9.47 Å². The maximum absolute atomic E-state index is 12.1. The molecule has 5 nitrogen and oxygen atoms in total. The number of amides is 1. The Kier molecular flexibility index (Phi) is 7.53. The van der Waals surface area contributed by atoms with Gasteiger partial charge in [-0.25, -0.2) is 0 Å². The van der Waals surface area contributed by atoms with E-state index in [2.05, 4.69) is 29.3 Å². The minimum absolute atomic E-state index is 0.133. The molecule has 1 fully saturated rings. The summed E-state index contributed by atoms with van der Waals surface area (Å²) in [6, 6.07) is 8.06. The highest BCUT2D eigenvalue weighted by Crippen LogP contribution is 2.24. The summed E-state index contributed by atoms with van der Waals surface area (Å²) in [7, 11) is 0. The zero-order chi connectivity index (χ0) is 17.4. The number of hydrogen-bond donors (Lipinski definition) is 1. The molecule has 1 aromatic rings. The lowest BCUT2D eigenvalue weighted by Crippen LogP contribution is -2.32. The first-order valence-electron chi connectivity index (χ1n) is 8.95. The molecule has 1 atom stereocenters. The van der Waals surface area contributed by atoms with Crippen LogP contribution in [-0.4, -0.2) is 44.9 Å². The fourth-order valence-corrected chi connectivity index (χ4v) is 2.77. The largest absolute Gasteiger partial charge is 0.379 e. The van der Waals surface area contributed by atoms with Crippen LogP contribution in [-0.2, 0) is 14.3 Å². The van der Waals surface area contributed by atoms with E-state index < -0.39 is 6.10 Å². The molecule has 0 spiro atoms. The number of piperidine rings is 1. The predicted molar refractivity (Wildman–Crippen MR) is 97.6 cm³/mol. The van der Waals surface area contributed by atoms with E-state index in [1.54, 1.807) is 6.92 Å². The normalized spacial score (nSPS) is 16.9. The second-order valence-electron chi connectivity index (χ2n) is 6.42. The van der Waals surface area contributed by atoms with Crippen molar-refractivity contribution in [3.05, 3.63) is 24.3 Å². The van der Waals surface area contributed by atoms with Gasteiger partial charge in [0.2, 0.25) is 0 Å². The van der Waals surface area contributed by atoms with Crippen LogP contribution in [0.4, 0.5) is 11.4 Å². The van der Waals surface area contributed by atoms with Crippen LogP contribution < -0.4 is 10.2 Å². The molecule has 5 heteroatoms. The Morgan fingerprint density at radius 2 is 1.92 bits per heavy atom. The molecule has 134 valence electrons. The quantitative estimate of drug-likeness (QED) is 0.741. The van der Waals surface area contributed by atoms with Crippen molar-refractivity contribution in [1.82, 2.24) is 0 Å². The summed E-state index contributed by atoms with van der Waals surface area (Å²) in [5.74, 6) is 0.690. The zero-order valence-corrected chi connectivity index (χ0v) is 15.1. The number of carbonyl (C=O) groups is 1. The summed E-state index contributed by atoms with van der Waals surface area (Å²) in [5.41, 5.74) is 2.02. The molecule has 0 aliphatic carbocycles. The number of nitrogens with zero attached hydrogens (tertiary/aromatic N) is 1. The second-order valence-corrected chi connectivity index (χ2v) is 6.42. The van der Waals surface area contributed by atoms with Crippen LogP contribution in [0.1, 0.15) is 33.6 Å². The van der Waals surface area contributed by atoms with E-state index in [1.165, 1.54) is 18.5 Å². The highest BCUT2D eigenvalue weighted by molar-refractivity contribution is 5.94. The van der Waals surface area contributed by atoms with Crippen LogP contribution in [0.5, 0.6) is 0 Å². The summed E-state index contributed by atoms with van der Waals surface area (Å²) in [6.45, 7) is 9.82. The third kappa shape index (κ3) is 5.80. The van der Waals surface area contributed by atoms with Crippen LogP contribution in [0.3, 0.4) is 0 Å². The first-order chi connectivity index (χ1) is 11.6. The lowest BCUT2D eigenvalue weighted by Gasteiger charge is -2.32. The number of hydrogen-bond acceptors (Lipinski definition) is 4. The van der Waals surface area contributed by atoms with Gasteiger partial charge in [0, 0.05) is 31.1 Å². The molecule has 0 aromatic heterocycles. The van der Waals surface area contributed by atoms with Gasteiger partial charge in [-0.3, -0.25) is 4.79 Å². The smallest absolute Gasteiger partial charge is 0.253 e. The van der Waals surface area contributed by atoms with Crippen molar-refractivity contribution in [2.45, 2.75) is 39.7 Å². The van der Waals surface area contributed by atoms with Crippen molar-refractivity contribution in [3.63, 3.8) is 0 Å². The van der Waals surface area contributed by atoms with E-state index in [9.17, 15) is 4.79 Å². The fraction of sp³-hybridized carbons (Fsp3) is 0.632. The molecular formula is C19H30N2O3. The average Bonchev–Trinajstić information content (AvgIpc) is 2.60. The second kappa shape index (κ2) is 9.64. The number of ether oxygens (including phenoxy) is 2. The maximum atomic E-state index is 12.1. The molecule has 1 amide bonds. The molecule has 1 N–H and O–H groups in total. The standard InChI is InChI=1S/C19H30N2O3/c1-4-23-13-14-24-16(3)19(22)20-17-5-7-18(8-6-17)21-11-9-15(2)10-12-21/h5-8,15-16H,4,9-14H2,1-3H3,(H,20,22)/t16-/m1/s1. The number of anilines is 2. The van der Waals surface area contributed by atoms with Crippen LogP contribution >= 0.6 is 0 Å². The van der Waals surface area contributed by atoms with Gasteiger partial charge in [0.15, 0.2) is 0 Å². The summed E-state index contributed by atoms with van der Waals surface area (Å²) >= 11 is 0. The van der Waals surface area contributed by atoms with Crippen LogP contribution in [0, 0.1) is 5.92 Å². The molecule has 24 heavy (non-hydrogen) atoms. The Morgan fingerprint density at radius 3 is 2.54 bits per heavy atom. The Morgan fingerprint density at radius 1 is 1.25 bits per heavy atom. The van der Waals surface area contributed by atoms with Gasteiger partial charge >= 0.3 is 0 Å². The van der Waals surface area contributed by atoms with Crippen molar-refractivity contribution >= 4 is 17.3 Å². The van der Waals surface area contributed by atoms with E-state index in [0.29, 0.717) is 19.8 Å². The van der Waals surface area contributed by atoms with Gasteiger partial charge in [0.1, 0.15) is 6.10 Å². The molecule has 0 radical (unpaired) electrons. The predicted octanol–water partition coefficient (Wildman–Crippen LogP) is 3.30. The van der Waals surface area contributed by atoms with Gasteiger partial charge in [0.05, 0.1) is 13.2 Å². The average molecular weight is 334 g/mol. The molecule has 1 heterocycles. The van der Waals surface area contributed by atoms with Gasteiger partial charge in [-0.15, -0.1) is 0 Å². The van der Waals surface area contributed by atoms with Crippen molar-refractivity contribution in [1.29, 1.82) is 0 Å². The first kappa shape index (κ1) is 18.7. The number of carbonyl (C=O) groups excluding carboxylic acids is 1. The Hall–Kier alpha value is -1.59. The van der Waals surface area contributed by atoms with Crippen molar-refractivity contribution < 1.29 is 14.3 Å². The zero-order valence-electron chi connectivity index (χ0n) is 15.1. The summed E-state index contributed by atoms with van der Waals surface area (Å²) < 4.78 is 10.7. The molecule has 1 saturated heterocycles. The van der Waals surface area contributed by atoms with Crippen molar-refractivity contribution in [3.8, 4) is 0 Å². The number of rotatable bonds is 8. The third-order valence-corrected chi connectivity index (χ3v) is 4.45. The molecule has 2 rings (SSSR count). The summed E-state index contributed by atoms with van der Waals surface area (Å²) in [4.78, 5) is 14.5. The third-order valence-electron chi connectivity index (χ3n) is 4.45. The Balaban J connectivity index is 1.79. The minimum Gasteiger partial charge on any atom is -0.379 e. The molecule has 1 aliphatic rings. The van der Waals surface area contributed by atoms with Crippen LogP contribution in [0.15, 0.2) is 24.3 Å². The van der Waals surface area contributed by atoms with E-state index in [0.717, 1.165) is 24.7 Å². The van der Waals surface area contributed by atoms with Gasteiger partial charge in [-0.05, 0) is 56.9 Å².